The Bertz CT molecular complexity index is 866. The number of carbonyl (C=O) groups excluding carboxylic acids is 1. The van der Waals surface area contributed by atoms with E-state index in [9.17, 15) is 4.79 Å². The van der Waals surface area contributed by atoms with E-state index in [1.807, 2.05) is 43.3 Å². The monoisotopic (exact) mass is 351 g/mol. The van der Waals surface area contributed by atoms with E-state index in [0.29, 0.717) is 11.9 Å². The highest BCUT2D eigenvalue weighted by molar-refractivity contribution is 5.87. The summed E-state index contributed by atoms with van der Waals surface area (Å²) in [6.45, 7) is 5.34. The van der Waals surface area contributed by atoms with Gasteiger partial charge in [0.25, 0.3) is 0 Å². The first-order valence-electron chi connectivity index (χ1n) is 9.02. The van der Waals surface area contributed by atoms with Crippen LogP contribution in [0.4, 0.5) is 16.2 Å². The van der Waals surface area contributed by atoms with Crippen LogP contribution in [0.2, 0.25) is 0 Å². The lowest BCUT2D eigenvalue weighted by atomic mass is 9.81. The van der Waals surface area contributed by atoms with Crippen molar-refractivity contribution in [2.75, 3.05) is 30.9 Å². The Kier molecular flexibility index (Phi) is 3.92. The Hall–Kier alpha value is -2.53. The molecule has 2 aliphatic heterocycles. The van der Waals surface area contributed by atoms with Gasteiger partial charge in [-0.15, -0.1) is 0 Å². The van der Waals surface area contributed by atoms with Crippen LogP contribution in [0, 0.1) is 6.92 Å². The quantitative estimate of drug-likeness (QED) is 0.889. The second kappa shape index (κ2) is 6.02. The number of benzene rings is 2. The molecule has 0 saturated carbocycles. The van der Waals surface area contributed by atoms with Gasteiger partial charge in [0, 0.05) is 30.4 Å². The lowest BCUT2D eigenvalue weighted by molar-refractivity contribution is 0.215. The molecule has 0 spiro atoms. The van der Waals surface area contributed by atoms with Crippen molar-refractivity contribution in [3.8, 4) is 5.75 Å². The largest absolute Gasteiger partial charge is 0.417 e. The average molecular weight is 351 g/mol. The smallest absolute Gasteiger partial charge is 0.410 e. The van der Waals surface area contributed by atoms with Gasteiger partial charge in [-0.1, -0.05) is 25.1 Å². The number of hydrogen-bond acceptors (Lipinski definition) is 4. The van der Waals surface area contributed by atoms with E-state index in [2.05, 4.69) is 42.2 Å². The first kappa shape index (κ1) is 16.9. The average Bonchev–Trinajstić information content (AvgIpc) is 3.03. The predicted octanol–water partition coefficient (Wildman–Crippen LogP) is 3.98. The van der Waals surface area contributed by atoms with Gasteiger partial charge in [-0.25, -0.2) is 4.79 Å². The highest BCUT2D eigenvalue weighted by Gasteiger charge is 2.52. The third-order valence-electron chi connectivity index (χ3n) is 5.89. The summed E-state index contributed by atoms with van der Waals surface area (Å²) in [6, 6.07) is 13.6. The van der Waals surface area contributed by atoms with Gasteiger partial charge in [0.05, 0.1) is 6.17 Å². The molecule has 2 atom stereocenters. The summed E-state index contributed by atoms with van der Waals surface area (Å²) in [6.07, 6.45) is 0.995. The molecule has 1 unspecified atom stereocenters. The Labute approximate surface area is 154 Å². The lowest BCUT2D eigenvalue weighted by Crippen LogP contribution is -2.45. The van der Waals surface area contributed by atoms with Gasteiger partial charge in [0.1, 0.15) is 5.75 Å². The normalized spacial score (nSPS) is 24.3. The number of ether oxygens (including phenoxy) is 1. The summed E-state index contributed by atoms with van der Waals surface area (Å²) in [7, 11) is 4.31. The minimum atomic E-state index is -0.462. The lowest BCUT2D eigenvalue weighted by Gasteiger charge is -2.32. The minimum absolute atomic E-state index is 0.0602. The van der Waals surface area contributed by atoms with E-state index in [-0.39, 0.29) is 5.41 Å². The fourth-order valence-corrected chi connectivity index (χ4v) is 4.57. The topological polar surface area (TPSA) is 44.8 Å². The fourth-order valence-electron chi connectivity index (χ4n) is 4.57. The standard InChI is InChI=1S/C21H25N3O2/c1-14-7-5-6-8-17(14)22-20(25)26-15-9-10-18-16(13-15)21(2)11-12-23(3)19(21)24(18)4/h5-10,13,19H,11-12H2,1-4H3,(H,22,25)/t19?,21-/m0/s1. The second-order valence-electron chi connectivity index (χ2n) is 7.64. The Morgan fingerprint density at radius 2 is 2.00 bits per heavy atom. The molecule has 2 aromatic rings. The molecule has 1 fully saturated rings. The van der Waals surface area contributed by atoms with Gasteiger partial charge < -0.3 is 9.64 Å². The van der Waals surface area contributed by atoms with Crippen molar-refractivity contribution in [1.29, 1.82) is 0 Å². The van der Waals surface area contributed by atoms with Gasteiger partial charge in [-0.05, 0) is 55.8 Å². The molecule has 1 saturated heterocycles. The molecule has 5 nitrogen and oxygen atoms in total. The summed E-state index contributed by atoms with van der Waals surface area (Å²) in [5.41, 5.74) is 4.31. The van der Waals surface area contributed by atoms with Gasteiger partial charge in [-0.3, -0.25) is 10.2 Å². The van der Waals surface area contributed by atoms with Crippen molar-refractivity contribution in [3.05, 3.63) is 53.6 Å². The van der Waals surface area contributed by atoms with Crippen LogP contribution in [0.3, 0.4) is 0 Å². The predicted molar refractivity (Wildman–Crippen MR) is 104 cm³/mol. The molecule has 0 aromatic heterocycles. The molecule has 0 aliphatic carbocycles. The molecule has 2 aliphatic rings. The maximum absolute atomic E-state index is 12.3. The maximum atomic E-state index is 12.3. The summed E-state index contributed by atoms with van der Waals surface area (Å²) in [4.78, 5) is 17.0. The molecular weight excluding hydrogens is 326 g/mol. The number of anilines is 2. The van der Waals surface area contributed by atoms with Crippen molar-refractivity contribution in [2.45, 2.75) is 31.8 Å². The number of rotatable bonds is 2. The molecular formula is C21H25N3O2. The number of likely N-dealkylation sites (tertiary alicyclic amines) is 1. The summed E-state index contributed by atoms with van der Waals surface area (Å²) < 4.78 is 5.57. The molecule has 26 heavy (non-hydrogen) atoms. The molecule has 1 amide bonds. The van der Waals surface area contributed by atoms with Gasteiger partial charge in [-0.2, -0.15) is 0 Å². The van der Waals surface area contributed by atoms with Gasteiger partial charge >= 0.3 is 6.09 Å². The van der Waals surface area contributed by atoms with E-state index in [1.54, 1.807) is 0 Å². The number of amides is 1. The second-order valence-corrected chi connectivity index (χ2v) is 7.64. The Morgan fingerprint density at radius 3 is 2.77 bits per heavy atom. The molecule has 136 valence electrons. The summed E-state index contributed by atoms with van der Waals surface area (Å²) in [5.74, 6) is 0.583. The molecule has 0 bridgehead atoms. The highest BCUT2D eigenvalue weighted by atomic mass is 16.6. The number of nitrogens with one attached hydrogen (secondary N) is 1. The number of aryl methyl sites for hydroxylation is 1. The van der Waals surface area contributed by atoms with E-state index in [4.69, 9.17) is 4.74 Å². The third-order valence-corrected chi connectivity index (χ3v) is 5.89. The minimum Gasteiger partial charge on any atom is -0.410 e. The van der Waals surface area contributed by atoms with Crippen LogP contribution < -0.4 is 15.0 Å². The van der Waals surface area contributed by atoms with Crippen molar-refractivity contribution < 1.29 is 9.53 Å². The van der Waals surface area contributed by atoms with Gasteiger partial charge in [0.15, 0.2) is 0 Å². The maximum Gasteiger partial charge on any atom is 0.417 e. The number of hydrogen-bond donors (Lipinski definition) is 1. The zero-order chi connectivity index (χ0) is 18.5. The molecule has 4 rings (SSSR count). The highest BCUT2D eigenvalue weighted by Crippen LogP contribution is 2.51. The first-order valence-corrected chi connectivity index (χ1v) is 9.02. The van der Waals surface area contributed by atoms with Crippen LogP contribution in [0.5, 0.6) is 5.75 Å². The van der Waals surface area contributed by atoms with Crippen LogP contribution in [-0.4, -0.2) is 37.8 Å². The molecule has 2 heterocycles. The Balaban J connectivity index is 1.56. The van der Waals surface area contributed by atoms with E-state index < -0.39 is 6.09 Å². The van der Waals surface area contributed by atoms with E-state index >= 15 is 0 Å². The molecule has 0 radical (unpaired) electrons. The molecule has 1 N–H and O–H groups in total. The van der Waals surface area contributed by atoms with Crippen LogP contribution in [0.25, 0.3) is 0 Å². The van der Waals surface area contributed by atoms with Crippen LogP contribution >= 0.6 is 0 Å². The number of para-hydroxylation sites is 1. The first-order chi connectivity index (χ1) is 12.4. The van der Waals surface area contributed by atoms with Crippen LogP contribution in [0.1, 0.15) is 24.5 Å². The number of nitrogens with zero attached hydrogens (tertiary/aromatic N) is 2. The van der Waals surface area contributed by atoms with Gasteiger partial charge in [0.2, 0.25) is 0 Å². The van der Waals surface area contributed by atoms with Crippen LogP contribution in [0.15, 0.2) is 42.5 Å². The van der Waals surface area contributed by atoms with Crippen molar-refractivity contribution >= 4 is 17.5 Å². The summed E-state index contributed by atoms with van der Waals surface area (Å²) in [5, 5.41) is 2.82. The summed E-state index contributed by atoms with van der Waals surface area (Å²) >= 11 is 0. The number of likely N-dealkylation sites (N-methyl/N-ethyl adjacent to an activating group) is 2. The SMILES string of the molecule is Cc1ccccc1NC(=O)Oc1ccc2c(c1)[C@]1(C)CCN(C)C1N2C. The van der Waals surface area contributed by atoms with Crippen molar-refractivity contribution in [1.82, 2.24) is 4.90 Å². The van der Waals surface area contributed by atoms with Crippen molar-refractivity contribution in [3.63, 3.8) is 0 Å². The van der Waals surface area contributed by atoms with Crippen molar-refractivity contribution in [2.24, 2.45) is 0 Å². The third kappa shape index (κ3) is 2.54. The van der Waals surface area contributed by atoms with E-state index in [0.717, 1.165) is 24.2 Å². The van der Waals surface area contributed by atoms with Crippen LogP contribution in [-0.2, 0) is 5.41 Å². The molecule has 5 heteroatoms. The molecule has 2 aromatic carbocycles. The van der Waals surface area contributed by atoms with E-state index in [1.165, 1.54) is 11.3 Å². The zero-order valence-electron chi connectivity index (χ0n) is 15.7. The number of fused-ring (bicyclic) bond motifs is 3. The number of carbonyl (C=O) groups is 1. The zero-order valence-corrected chi connectivity index (χ0v) is 15.7. The fraction of sp³-hybridized carbons (Fsp3) is 0.381. The Morgan fingerprint density at radius 1 is 1.23 bits per heavy atom.